The van der Waals surface area contributed by atoms with E-state index in [2.05, 4.69) is 4.98 Å². The van der Waals surface area contributed by atoms with Gasteiger partial charge in [-0.05, 0) is 31.7 Å². The molecule has 0 radical (unpaired) electrons. The fourth-order valence-electron chi connectivity index (χ4n) is 2.89. The van der Waals surface area contributed by atoms with Gasteiger partial charge in [-0.25, -0.2) is 17.8 Å². The Labute approximate surface area is 135 Å². The minimum Gasteiger partial charge on any atom is -0.353 e. The van der Waals surface area contributed by atoms with E-state index in [1.807, 2.05) is 0 Å². The van der Waals surface area contributed by atoms with E-state index in [0.29, 0.717) is 13.1 Å². The number of nitrogens with zero attached hydrogens (tertiary/aromatic N) is 3. The quantitative estimate of drug-likeness (QED) is 0.838. The Morgan fingerprint density at radius 2 is 2.14 bits per heavy atom. The first-order valence-electron chi connectivity index (χ1n) is 7.42. The Hall–Kier alpha value is -0.920. The van der Waals surface area contributed by atoms with Crippen molar-refractivity contribution in [1.82, 2.24) is 9.29 Å². The summed E-state index contributed by atoms with van der Waals surface area (Å²) in [6.07, 6.45) is 4.49. The fraction of sp³-hybridized carbons (Fsp3) is 0.643. The van der Waals surface area contributed by atoms with Crippen molar-refractivity contribution in [3.05, 3.63) is 23.1 Å². The van der Waals surface area contributed by atoms with Crippen LogP contribution >= 0.6 is 11.6 Å². The first-order chi connectivity index (χ1) is 10.4. The van der Waals surface area contributed by atoms with E-state index in [0.717, 1.165) is 25.7 Å². The number of sulfonamides is 1. The van der Waals surface area contributed by atoms with E-state index in [1.165, 1.54) is 16.6 Å². The second kappa shape index (κ2) is 5.94. The molecule has 0 N–H and O–H groups in total. The molecule has 1 aliphatic heterocycles. The van der Waals surface area contributed by atoms with Crippen LogP contribution in [0.1, 0.15) is 25.7 Å². The number of hydrogen-bond donors (Lipinski definition) is 0. The molecule has 1 aromatic heterocycles. The van der Waals surface area contributed by atoms with Gasteiger partial charge in [0.15, 0.2) is 11.6 Å². The highest BCUT2D eigenvalue weighted by atomic mass is 35.5. The first-order valence-corrected chi connectivity index (χ1v) is 9.30. The highest BCUT2D eigenvalue weighted by Crippen LogP contribution is 2.33. The van der Waals surface area contributed by atoms with Gasteiger partial charge in [0.25, 0.3) is 0 Å². The van der Waals surface area contributed by atoms with Gasteiger partial charge in [0.2, 0.25) is 10.0 Å². The third-order valence-electron chi connectivity index (χ3n) is 4.35. The van der Waals surface area contributed by atoms with Crippen molar-refractivity contribution in [2.75, 3.05) is 25.0 Å². The van der Waals surface area contributed by atoms with Crippen LogP contribution in [0.5, 0.6) is 0 Å². The summed E-state index contributed by atoms with van der Waals surface area (Å²) in [6, 6.07) is 1.09. The molecule has 1 aliphatic carbocycles. The molecule has 3 rings (SSSR count). The van der Waals surface area contributed by atoms with Crippen molar-refractivity contribution in [2.45, 2.75) is 37.0 Å². The number of rotatable bonds is 4. The Morgan fingerprint density at radius 3 is 2.77 bits per heavy atom. The average molecular weight is 348 g/mol. The lowest BCUT2D eigenvalue weighted by Gasteiger charge is -2.37. The van der Waals surface area contributed by atoms with Gasteiger partial charge in [0.05, 0.1) is 10.3 Å². The van der Waals surface area contributed by atoms with Crippen LogP contribution in [0.4, 0.5) is 10.2 Å². The van der Waals surface area contributed by atoms with Crippen LogP contribution < -0.4 is 4.90 Å². The summed E-state index contributed by atoms with van der Waals surface area (Å²) in [6.45, 7) is 1.12. The maximum Gasteiger partial charge on any atom is 0.217 e. The second-order valence-corrected chi connectivity index (χ2v) is 8.67. The summed E-state index contributed by atoms with van der Waals surface area (Å²) in [5, 5.41) is 0.0292. The molecule has 0 spiro atoms. The van der Waals surface area contributed by atoms with Crippen LogP contribution in [0.3, 0.4) is 0 Å². The minimum absolute atomic E-state index is 0.142. The fourth-order valence-corrected chi connectivity index (χ4v) is 4.83. The number of piperidine rings is 1. The molecular weight excluding hydrogens is 329 g/mol. The maximum absolute atomic E-state index is 14.0. The van der Waals surface area contributed by atoms with Crippen molar-refractivity contribution in [3.63, 3.8) is 0 Å². The van der Waals surface area contributed by atoms with Crippen LogP contribution in [-0.4, -0.2) is 49.1 Å². The Kier molecular flexibility index (Phi) is 4.31. The van der Waals surface area contributed by atoms with E-state index in [1.54, 1.807) is 11.9 Å². The van der Waals surface area contributed by atoms with Crippen molar-refractivity contribution >= 4 is 27.4 Å². The Balaban J connectivity index is 1.76. The lowest BCUT2D eigenvalue weighted by Crippen LogP contribution is -2.49. The van der Waals surface area contributed by atoms with Gasteiger partial charge in [0.1, 0.15) is 0 Å². The predicted octanol–water partition coefficient (Wildman–Crippen LogP) is 2.27. The van der Waals surface area contributed by atoms with Crippen LogP contribution in [0.2, 0.25) is 5.02 Å². The standard InChI is InChI=1S/C14H19ClFN3O2S/c1-18(22(20,21)12-4-5-12)11-3-2-6-19(9-11)14-13(16)7-10(15)8-17-14/h7-8,11-12H,2-6,9H2,1H3. The lowest BCUT2D eigenvalue weighted by atomic mass is 10.1. The van der Waals surface area contributed by atoms with E-state index < -0.39 is 15.8 Å². The van der Waals surface area contributed by atoms with Gasteiger partial charge in [-0.2, -0.15) is 4.31 Å². The van der Waals surface area contributed by atoms with E-state index in [4.69, 9.17) is 11.6 Å². The normalized spacial score (nSPS) is 23.1. The molecule has 8 heteroatoms. The molecule has 2 fully saturated rings. The molecule has 1 atom stereocenters. The highest BCUT2D eigenvalue weighted by Gasteiger charge is 2.42. The van der Waals surface area contributed by atoms with Crippen LogP contribution in [0.15, 0.2) is 12.3 Å². The molecule has 0 aromatic carbocycles. The zero-order chi connectivity index (χ0) is 15.9. The SMILES string of the molecule is CN(C1CCCN(c2ncc(Cl)cc2F)C1)S(=O)(=O)C1CC1. The molecular formula is C14H19ClFN3O2S. The number of pyridine rings is 1. The molecule has 22 heavy (non-hydrogen) atoms. The molecule has 0 amide bonds. The highest BCUT2D eigenvalue weighted by molar-refractivity contribution is 7.90. The third kappa shape index (κ3) is 3.07. The van der Waals surface area contributed by atoms with Gasteiger partial charge in [-0.3, -0.25) is 0 Å². The first kappa shape index (κ1) is 16.0. The largest absolute Gasteiger partial charge is 0.353 e. The van der Waals surface area contributed by atoms with Crippen LogP contribution in [-0.2, 0) is 10.0 Å². The molecule has 1 unspecified atom stereocenters. The van der Waals surface area contributed by atoms with E-state index in [-0.39, 0.29) is 22.1 Å². The number of halogens is 2. The van der Waals surface area contributed by atoms with Crippen molar-refractivity contribution < 1.29 is 12.8 Å². The summed E-state index contributed by atoms with van der Waals surface area (Å²) in [4.78, 5) is 5.86. The zero-order valence-electron chi connectivity index (χ0n) is 12.4. The van der Waals surface area contributed by atoms with E-state index >= 15 is 0 Å². The smallest absolute Gasteiger partial charge is 0.217 e. The molecule has 2 heterocycles. The lowest BCUT2D eigenvalue weighted by molar-refractivity contribution is 0.318. The molecule has 1 aromatic rings. The minimum atomic E-state index is -3.22. The number of aromatic nitrogens is 1. The molecule has 5 nitrogen and oxygen atoms in total. The van der Waals surface area contributed by atoms with Gasteiger partial charge in [-0.15, -0.1) is 0 Å². The molecule has 2 aliphatic rings. The Morgan fingerprint density at radius 1 is 1.41 bits per heavy atom. The number of anilines is 1. The number of likely N-dealkylation sites (N-methyl/N-ethyl adjacent to an activating group) is 1. The Bertz CT molecular complexity index is 666. The number of hydrogen-bond acceptors (Lipinski definition) is 4. The summed E-state index contributed by atoms with van der Waals surface area (Å²) in [7, 11) is -1.58. The van der Waals surface area contributed by atoms with Gasteiger partial charge in [-0.1, -0.05) is 11.6 Å². The summed E-state index contributed by atoms with van der Waals surface area (Å²) < 4.78 is 40.2. The van der Waals surface area contributed by atoms with Crippen molar-refractivity contribution in [1.29, 1.82) is 0 Å². The van der Waals surface area contributed by atoms with Gasteiger partial charge >= 0.3 is 0 Å². The van der Waals surface area contributed by atoms with Crippen molar-refractivity contribution in [3.8, 4) is 0 Å². The molecule has 1 saturated heterocycles. The van der Waals surface area contributed by atoms with Crippen molar-refractivity contribution in [2.24, 2.45) is 0 Å². The zero-order valence-corrected chi connectivity index (χ0v) is 13.9. The van der Waals surface area contributed by atoms with Gasteiger partial charge in [0, 0.05) is 32.4 Å². The third-order valence-corrected chi connectivity index (χ3v) is 6.97. The topological polar surface area (TPSA) is 53.5 Å². The van der Waals surface area contributed by atoms with Crippen LogP contribution in [0.25, 0.3) is 0 Å². The van der Waals surface area contributed by atoms with E-state index in [9.17, 15) is 12.8 Å². The average Bonchev–Trinajstić information content (AvgIpc) is 3.31. The molecule has 122 valence electrons. The monoisotopic (exact) mass is 347 g/mol. The maximum atomic E-state index is 14.0. The van der Waals surface area contributed by atoms with Gasteiger partial charge < -0.3 is 4.90 Å². The summed E-state index contributed by atoms with van der Waals surface area (Å²) in [5.74, 6) is -0.229. The summed E-state index contributed by atoms with van der Waals surface area (Å²) >= 11 is 5.73. The molecule has 1 saturated carbocycles. The van der Waals surface area contributed by atoms with Crippen LogP contribution in [0, 0.1) is 5.82 Å². The predicted molar refractivity (Wildman–Crippen MR) is 84.1 cm³/mol. The summed E-state index contributed by atoms with van der Waals surface area (Å²) in [5.41, 5.74) is 0. The molecule has 0 bridgehead atoms. The second-order valence-electron chi connectivity index (χ2n) is 5.96.